The number of nitrogens with zero attached hydrogens (tertiary/aromatic N) is 1. The molecule has 1 saturated heterocycles. The van der Waals surface area contributed by atoms with Gasteiger partial charge in [-0.15, -0.1) is 0 Å². The molecule has 0 unspecified atom stereocenters. The zero-order valence-electron chi connectivity index (χ0n) is 9.28. The maximum atomic E-state index is 11.7. The van der Waals surface area contributed by atoms with Gasteiger partial charge in [-0.2, -0.15) is 0 Å². The summed E-state index contributed by atoms with van der Waals surface area (Å²) >= 11 is 0. The van der Waals surface area contributed by atoms with E-state index in [1.54, 1.807) is 6.92 Å². The van der Waals surface area contributed by atoms with E-state index in [1.807, 2.05) is 4.90 Å². The van der Waals surface area contributed by atoms with E-state index in [-0.39, 0.29) is 11.9 Å². The number of rotatable bonds is 2. The van der Waals surface area contributed by atoms with Crippen molar-refractivity contribution < 1.29 is 9.90 Å². The largest absolute Gasteiger partial charge is 0.396 e. The molecule has 0 radical (unpaired) electrons. The molecule has 0 aromatic carbocycles. The van der Waals surface area contributed by atoms with Gasteiger partial charge >= 0.3 is 0 Å². The average Bonchev–Trinajstić information content (AvgIpc) is 2.58. The van der Waals surface area contributed by atoms with Gasteiger partial charge in [-0.1, -0.05) is 0 Å². The molecule has 1 aliphatic heterocycles. The highest BCUT2D eigenvalue weighted by atomic mass is 16.3. The molecule has 1 spiro atoms. The topological polar surface area (TPSA) is 66.6 Å². The Hall–Kier alpha value is -0.610. The minimum atomic E-state index is -0.381. The van der Waals surface area contributed by atoms with E-state index < -0.39 is 0 Å². The Bertz CT molecular complexity index is 259. The number of aliphatic hydroxyl groups is 1. The van der Waals surface area contributed by atoms with Gasteiger partial charge in [0.25, 0.3) is 0 Å². The minimum Gasteiger partial charge on any atom is -0.396 e. The first-order valence-corrected chi connectivity index (χ1v) is 5.71. The van der Waals surface area contributed by atoms with Crippen LogP contribution in [0.2, 0.25) is 0 Å². The number of carbonyl (C=O) groups is 1. The summed E-state index contributed by atoms with van der Waals surface area (Å²) in [4.78, 5) is 13.6. The van der Waals surface area contributed by atoms with E-state index in [4.69, 9.17) is 10.8 Å². The molecule has 2 rings (SSSR count). The van der Waals surface area contributed by atoms with E-state index in [2.05, 4.69) is 0 Å². The molecule has 4 heteroatoms. The molecule has 2 fully saturated rings. The van der Waals surface area contributed by atoms with E-state index >= 15 is 0 Å². The van der Waals surface area contributed by atoms with Gasteiger partial charge < -0.3 is 15.7 Å². The molecule has 1 aliphatic carbocycles. The normalized spacial score (nSPS) is 36.7. The van der Waals surface area contributed by atoms with Crippen LogP contribution >= 0.6 is 0 Å². The lowest BCUT2D eigenvalue weighted by molar-refractivity contribution is -0.132. The molecule has 0 bridgehead atoms. The summed E-state index contributed by atoms with van der Waals surface area (Å²) in [7, 11) is 0. The monoisotopic (exact) mass is 212 g/mol. The van der Waals surface area contributed by atoms with Crippen molar-refractivity contribution in [2.24, 2.45) is 17.1 Å². The second kappa shape index (κ2) is 3.76. The van der Waals surface area contributed by atoms with Crippen molar-refractivity contribution in [1.82, 2.24) is 4.90 Å². The molecular weight excluding hydrogens is 192 g/mol. The number of nitrogens with two attached hydrogens (primary N) is 1. The van der Waals surface area contributed by atoms with Gasteiger partial charge in [-0.3, -0.25) is 4.79 Å². The lowest BCUT2D eigenvalue weighted by atomic mass is 9.62. The van der Waals surface area contributed by atoms with Gasteiger partial charge in [0.1, 0.15) is 0 Å². The fourth-order valence-corrected chi connectivity index (χ4v) is 3.04. The molecule has 86 valence electrons. The molecule has 1 atom stereocenters. The number of carbonyl (C=O) groups excluding carboxylic acids is 1. The van der Waals surface area contributed by atoms with Crippen LogP contribution < -0.4 is 5.73 Å². The Labute approximate surface area is 90.4 Å². The Balaban J connectivity index is 1.88. The summed E-state index contributed by atoms with van der Waals surface area (Å²) in [5.41, 5.74) is 5.90. The van der Waals surface area contributed by atoms with Crippen LogP contribution in [-0.4, -0.2) is 41.7 Å². The van der Waals surface area contributed by atoms with E-state index in [0.717, 1.165) is 32.4 Å². The Morgan fingerprint density at radius 1 is 1.67 bits per heavy atom. The zero-order valence-corrected chi connectivity index (χ0v) is 9.28. The second-order valence-corrected chi connectivity index (χ2v) is 5.26. The summed E-state index contributed by atoms with van der Waals surface area (Å²) < 4.78 is 0. The molecule has 1 amide bonds. The number of aliphatic hydroxyl groups excluding tert-OH is 1. The third kappa shape index (κ3) is 1.88. The lowest BCUT2D eigenvalue weighted by Crippen LogP contribution is -2.45. The minimum absolute atomic E-state index is 0.0688. The van der Waals surface area contributed by atoms with Crippen molar-refractivity contribution in [3.63, 3.8) is 0 Å². The predicted molar refractivity (Wildman–Crippen MR) is 57.1 cm³/mol. The Kier molecular flexibility index (Phi) is 2.73. The van der Waals surface area contributed by atoms with Crippen molar-refractivity contribution in [3.05, 3.63) is 0 Å². The van der Waals surface area contributed by atoms with Crippen LogP contribution in [0.3, 0.4) is 0 Å². The summed E-state index contributed by atoms with van der Waals surface area (Å²) in [5, 5.41) is 8.99. The first-order chi connectivity index (χ1) is 7.06. The molecule has 0 aromatic heterocycles. The van der Waals surface area contributed by atoms with Crippen molar-refractivity contribution in [2.45, 2.75) is 32.2 Å². The fraction of sp³-hybridized carbons (Fsp3) is 0.909. The van der Waals surface area contributed by atoms with Crippen LogP contribution in [0.4, 0.5) is 0 Å². The summed E-state index contributed by atoms with van der Waals surface area (Å²) in [6.45, 7) is 3.73. The third-order valence-corrected chi connectivity index (χ3v) is 3.84. The van der Waals surface area contributed by atoms with Crippen LogP contribution in [0.25, 0.3) is 0 Å². The number of amides is 1. The molecule has 2 aliphatic rings. The molecule has 1 heterocycles. The van der Waals surface area contributed by atoms with Gasteiger partial charge in [0.15, 0.2) is 0 Å². The van der Waals surface area contributed by atoms with Crippen molar-refractivity contribution in [3.8, 4) is 0 Å². The molecule has 0 aromatic rings. The van der Waals surface area contributed by atoms with E-state index in [9.17, 15) is 4.79 Å². The number of likely N-dealkylation sites (tertiary alicyclic amines) is 1. The second-order valence-electron chi connectivity index (χ2n) is 5.26. The van der Waals surface area contributed by atoms with E-state index in [0.29, 0.717) is 17.9 Å². The van der Waals surface area contributed by atoms with Crippen molar-refractivity contribution >= 4 is 5.91 Å². The molecule has 4 nitrogen and oxygen atoms in total. The first-order valence-electron chi connectivity index (χ1n) is 5.71. The predicted octanol–water partition coefficient (Wildman–Crippen LogP) is -0.0454. The van der Waals surface area contributed by atoms with Crippen LogP contribution in [0.5, 0.6) is 0 Å². The highest BCUT2D eigenvalue weighted by Crippen LogP contribution is 2.51. The lowest BCUT2D eigenvalue weighted by Gasteiger charge is -2.44. The number of hydrogen-bond donors (Lipinski definition) is 2. The molecular formula is C11H20N2O2. The highest BCUT2D eigenvalue weighted by Gasteiger charge is 2.49. The van der Waals surface area contributed by atoms with Gasteiger partial charge in [0.2, 0.25) is 5.91 Å². The molecule has 1 saturated carbocycles. The number of hydrogen-bond acceptors (Lipinski definition) is 3. The first kappa shape index (κ1) is 10.9. The summed E-state index contributed by atoms with van der Waals surface area (Å²) in [6, 6.07) is -0.381. The summed E-state index contributed by atoms with van der Waals surface area (Å²) in [6.07, 6.45) is 3.24. The van der Waals surface area contributed by atoms with Crippen molar-refractivity contribution in [2.75, 3.05) is 19.7 Å². The van der Waals surface area contributed by atoms with Gasteiger partial charge in [0, 0.05) is 19.7 Å². The van der Waals surface area contributed by atoms with Crippen LogP contribution in [0, 0.1) is 11.3 Å². The average molecular weight is 212 g/mol. The standard InChI is InChI=1S/C11H20N2O2/c1-8(12)10(15)13-3-2-11(7-13)4-9(5-11)6-14/h8-9,14H,2-7,12H2,1H3/t8-,9?,11?/m0/s1. The third-order valence-electron chi connectivity index (χ3n) is 3.84. The van der Waals surface area contributed by atoms with Crippen LogP contribution in [0.15, 0.2) is 0 Å². The Morgan fingerprint density at radius 2 is 2.33 bits per heavy atom. The van der Waals surface area contributed by atoms with Crippen molar-refractivity contribution in [1.29, 1.82) is 0 Å². The SMILES string of the molecule is C[C@H](N)C(=O)N1CCC2(CC(CO)C2)C1. The maximum Gasteiger partial charge on any atom is 0.239 e. The summed E-state index contributed by atoms with van der Waals surface area (Å²) in [5.74, 6) is 0.537. The smallest absolute Gasteiger partial charge is 0.239 e. The van der Waals surface area contributed by atoms with E-state index in [1.165, 1.54) is 0 Å². The molecule has 15 heavy (non-hydrogen) atoms. The highest BCUT2D eigenvalue weighted by molar-refractivity contribution is 5.81. The maximum absolute atomic E-state index is 11.7. The van der Waals surface area contributed by atoms with Gasteiger partial charge in [0.05, 0.1) is 6.04 Å². The van der Waals surface area contributed by atoms with Gasteiger partial charge in [-0.05, 0) is 37.5 Å². The zero-order chi connectivity index (χ0) is 11.1. The Morgan fingerprint density at radius 3 is 2.87 bits per heavy atom. The van der Waals surface area contributed by atoms with Gasteiger partial charge in [-0.25, -0.2) is 0 Å². The van der Waals surface area contributed by atoms with Crippen LogP contribution in [-0.2, 0) is 4.79 Å². The quantitative estimate of drug-likeness (QED) is 0.674. The fourth-order valence-electron chi connectivity index (χ4n) is 3.04. The molecule has 3 N–H and O–H groups in total. The van der Waals surface area contributed by atoms with Crippen LogP contribution in [0.1, 0.15) is 26.2 Å².